The molecule has 1 heterocycles. The first-order valence-electron chi connectivity index (χ1n) is 9.21. The molecule has 152 valence electrons. The topological polar surface area (TPSA) is 96.7 Å². The fourth-order valence-electron chi connectivity index (χ4n) is 3.17. The highest BCUT2D eigenvalue weighted by Gasteiger charge is 2.32. The number of nitrogens with zero attached hydrogens (tertiary/aromatic N) is 2. The number of nitriles is 1. The Morgan fingerprint density at radius 3 is 2.45 bits per heavy atom. The average molecular weight is 414 g/mol. The van der Waals surface area contributed by atoms with E-state index in [2.05, 4.69) is 0 Å². The van der Waals surface area contributed by atoms with Crippen LogP contribution in [-0.4, -0.2) is 44.0 Å². The maximum Gasteiger partial charge on any atom is 0.338 e. The lowest BCUT2D eigenvalue weighted by atomic mass is 10.1. The third-order valence-electron chi connectivity index (χ3n) is 4.55. The molecule has 0 spiro atoms. The number of ether oxygens (including phenoxy) is 2. The van der Waals surface area contributed by atoms with Crippen molar-refractivity contribution in [2.75, 3.05) is 13.1 Å². The summed E-state index contributed by atoms with van der Waals surface area (Å²) in [7, 11) is -3.74. The molecule has 2 unspecified atom stereocenters. The number of benzene rings is 2. The number of esters is 1. The number of hydrogen-bond donors (Lipinski definition) is 0. The van der Waals surface area contributed by atoms with Gasteiger partial charge in [0.25, 0.3) is 0 Å². The van der Waals surface area contributed by atoms with Crippen LogP contribution in [-0.2, 0) is 26.1 Å². The van der Waals surface area contributed by atoms with Crippen LogP contribution in [0.25, 0.3) is 0 Å². The Bertz CT molecular complexity index is 1020. The molecule has 7 nitrogen and oxygen atoms in total. The summed E-state index contributed by atoms with van der Waals surface area (Å²) in [4.78, 5) is 12.4. The second-order valence-electron chi connectivity index (χ2n) is 6.99. The number of sulfonamides is 1. The molecule has 0 bridgehead atoms. The van der Waals surface area contributed by atoms with E-state index in [1.165, 1.54) is 28.6 Å². The number of rotatable bonds is 5. The molecule has 29 heavy (non-hydrogen) atoms. The highest BCUT2D eigenvalue weighted by atomic mass is 32.2. The van der Waals surface area contributed by atoms with Gasteiger partial charge < -0.3 is 9.47 Å². The van der Waals surface area contributed by atoms with Gasteiger partial charge in [0, 0.05) is 13.1 Å². The third kappa shape index (κ3) is 5.01. The molecule has 2 aromatic rings. The first-order chi connectivity index (χ1) is 13.8. The van der Waals surface area contributed by atoms with Crippen molar-refractivity contribution < 1.29 is 22.7 Å². The van der Waals surface area contributed by atoms with E-state index >= 15 is 0 Å². The number of morpholine rings is 1. The second kappa shape index (κ2) is 8.74. The van der Waals surface area contributed by atoms with Gasteiger partial charge >= 0.3 is 5.97 Å². The van der Waals surface area contributed by atoms with Crippen LogP contribution >= 0.6 is 0 Å². The summed E-state index contributed by atoms with van der Waals surface area (Å²) in [5, 5.41) is 8.82. The zero-order valence-corrected chi connectivity index (χ0v) is 17.1. The first kappa shape index (κ1) is 21.0. The van der Waals surface area contributed by atoms with Gasteiger partial charge in [0.2, 0.25) is 10.0 Å². The zero-order valence-electron chi connectivity index (χ0n) is 16.2. The number of hydrogen-bond acceptors (Lipinski definition) is 6. The Balaban J connectivity index is 1.72. The van der Waals surface area contributed by atoms with Crippen molar-refractivity contribution >= 4 is 16.0 Å². The molecular formula is C21H22N2O5S. The Morgan fingerprint density at radius 1 is 1.17 bits per heavy atom. The smallest absolute Gasteiger partial charge is 0.338 e. The van der Waals surface area contributed by atoms with Crippen molar-refractivity contribution in [3.8, 4) is 6.07 Å². The molecule has 0 saturated carbocycles. The van der Waals surface area contributed by atoms with Crippen molar-refractivity contribution in [3.63, 3.8) is 0 Å². The molecule has 0 amide bonds. The lowest BCUT2D eigenvalue weighted by Gasteiger charge is -2.34. The molecule has 2 atom stereocenters. The van der Waals surface area contributed by atoms with Gasteiger partial charge in [0.15, 0.2) is 0 Å². The molecule has 0 N–H and O–H groups in total. The minimum atomic E-state index is -3.74. The summed E-state index contributed by atoms with van der Waals surface area (Å²) in [6.07, 6.45) is -0.400. The zero-order chi connectivity index (χ0) is 21.0. The summed E-state index contributed by atoms with van der Waals surface area (Å²) in [6, 6.07) is 14.6. The average Bonchev–Trinajstić information content (AvgIpc) is 2.71. The predicted octanol–water partition coefficient (Wildman–Crippen LogP) is 2.71. The van der Waals surface area contributed by atoms with Gasteiger partial charge in [-0.2, -0.15) is 9.57 Å². The fraction of sp³-hybridized carbons (Fsp3) is 0.333. The van der Waals surface area contributed by atoms with Crippen LogP contribution in [0.4, 0.5) is 0 Å². The van der Waals surface area contributed by atoms with Crippen LogP contribution in [0.5, 0.6) is 0 Å². The van der Waals surface area contributed by atoms with E-state index in [-0.39, 0.29) is 42.4 Å². The van der Waals surface area contributed by atoms with Gasteiger partial charge in [0.05, 0.1) is 34.3 Å². The van der Waals surface area contributed by atoms with Crippen LogP contribution in [0, 0.1) is 11.3 Å². The van der Waals surface area contributed by atoms with E-state index in [4.69, 9.17) is 14.7 Å². The van der Waals surface area contributed by atoms with Crippen molar-refractivity contribution in [2.24, 2.45) is 0 Å². The Morgan fingerprint density at radius 2 is 1.83 bits per heavy atom. The Labute approximate surface area is 170 Å². The first-order valence-corrected chi connectivity index (χ1v) is 10.7. The molecule has 0 aromatic heterocycles. The van der Waals surface area contributed by atoms with E-state index in [1.807, 2.05) is 19.9 Å². The van der Waals surface area contributed by atoms with Crippen molar-refractivity contribution in [2.45, 2.75) is 37.6 Å². The molecule has 1 aliphatic heterocycles. The monoisotopic (exact) mass is 414 g/mol. The molecule has 0 aliphatic carbocycles. The summed E-state index contributed by atoms with van der Waals surface area (Å²) in [6.45, 7) is 4.21. The number of carbonyl (C=O) groups is 1. The van der Waals surface area contributed by atoms with Gasteiger partial charge in [-0.15, -0.1) is 0 Å². The summed E-state index contributed by atoms with van der Waals surface area (Å²) in [5.74, 6) is -0.616. The van der Waals surface area contributed by atoms with E-state index in [9.17, 15) is 13.2 Å². The maximum absolute atomic E-state index is 13.0. The Hall–Kier alpha value is -2.73. The third-order valence-corrected chi connectivity index (χ3v) is 6.37. The van der Waals surface area contributed by atoms with Crippen molar-refractivity contribution in [3.05, 3.63) is 65.2 Å². The van der Waals surface area contributed by atoms with Crippen LogP contribution in [0.15, 0.2) is 53.4 Å². The summed E-state index contributed by atoms with van der Waals surface area (Å²) in [5.41, 5.74) is 1.41. The summed E-state index contributed by atoms with van der Waals surface area (Å²) < 4.78 is 38.2. The highest BCUT2D eigenvalue weighted by Crippen LogP contribution is 2.22. The Kier molecular flexibility index (Phi) is 6.33. The molecule has 1 aliphatic rings. The molecule has 1 saturated heterocycles. The minimum Gasteiger partial charge on any atom is -0.457 e. The van der Waals surface area contributed by atoms with E-state index in [0.717, 1.165) is 5.56 Å². The number of carbonyl (C=O) groups excluding carboxylic acids is 1. The maximum atomic E-state index is 13.0. The van der Waals surface area contributed by atoms with Gasteiger partial charge in [-0.25, -0.2) is 13.2 Å². The molecule has 8 heteroatoms. The van der Waals surface area contributed by atoms with Crippen LogP contribution < -0.4 is 0 Å². The van der Waals surface area contributed by atoms with E-state index in [0.29, 0.717) is 5.56 Å². The van der Waals surface area contributed by atoms with E-state index < -0.39 is 16.0 Å². The molecular weight excluding hydrogens is 392 g/mol. The predicted molar refractivity (Wildman–Crippen MR) is 105 cm³/mol. The van der Waals surface area contributed by atoms with Gasteiger partial charge in [0.1, 0.15) is 6.61 Å². The normalized spacial score (nSPS) is 20.0. The molecule has 1 fully saturated rings. The second-order valence-corrected chi connectivity index (χ2v) is 8.93. The van der Waals surface area contributed by atoms with Crippen molar-refractivity contribution in [1.82, 2.24) is 4.31 Å². The molecule has 2 aromatic carbocycles. The minimum absolute atomic E-state index is 0.0278. The molecule has 3 rings (SSSR count). The highest BCUT2D eigenvalue weighted by molar-refractivity contribution is 7.89. The van der Waals surface area contributed by atoms with Crippen molar-refractivity contribution in [1.29, 1.82) is 5.26 Å². The van der Waals surface area contributed by atoms with Crippen LogP contribution in [0.1, 0.15) is 35.3 Å². The van der Waals surface area contributed by atoms with Crippen LogP contribution in [0.3, 0.4) is 0 Å². The van der Waals surface area contributed by atoms with Gasteiger partial charge in [-0.05, 0) is 49.7 Å². The van der Waals surface area contributed by atoms with E-state index in [1.54, 1.807) is 24.3 Å². The SMILES string of the molecule is CC1CN(S(=O)(=O)c2cccc(C(=O)OCc3ccc(C#N)cc3)c2)CC(C)O1. The quantitative estimate of drug-likeness (QED) is 0.698. The van der Waals surface area contributed by atoms with Gasteiger partial charge in [-0.1, -0.05) is 18.2 Å². The largest absolute Gasteiger partial charge is 0.457 e. The standard InChI is InChI=1S/C21H22N2O5S/c1-15-12-23(13-16(2)28-15)29(25,26)20-5-3-4-19(10-20)21(24)27-14-18-8-6-17(11-22)7-9-18/h3-10,15-16H,12-14H2,1-2H3. The van der Waals surface area contributed by atoms with Gasteiger partial charge in [-0.3, -0.25) is 0 Å². The van der Waals surface area contributed by atoms with Crippen LogP contribution in [0.2, 0.25) is 0 Å². The summed E-state index contributed by atoms with van der Waals surface area (Å²) >= 11 is 0. The molecule has 0 radical (unpaired) electrons. The fourth-order valence-corrected chi connectivity index (χ4v) is 4.80. The lowest BCUT2D eigenvalue weighted by molar-refractivity contribution is -0.0440. The lowest BCUT2D eigenvalue weighted by Crippen LogP contribution is -2.48.